The van der Waals surface area contributed by atoms with Crippen LogP contribution in [0.4, 0.5) is 18.9 Å². The molecule has 0 bridgehead atoms. The summed E-state index contributed by atoms with van der Waals surface area (Å²) in [6.45, 7) is 4.89. The van der Waals surface area contributed by atoms with E-state index in [-0.39, 0.29) is 0 Å². The number of rotatable bonds is 4. The van der Waals surface area contributed by atoms with Crippen LogP contribution in [0, 0.1) is 0 Å². The van der Waals surface area contributed by atoms with E-state index in [2.05, 4.69) is 15.9 Å². The summed E-state index contributed by atoms with van der Waals surface area (Å²) in [6, 6.07) is 13.5. The Hall–Kier alpha value is -2.05. The Bertz CT molecular complexity index is 707. The molecule has 6 heteroatoms. The summed E-state index contributed by atoms with van der Waals surface area (Å²) in [7, 11) is 0. The normalized spacial score (nSPS) is 16.9. The van der Waals surface area contributed by atoms with Gasteiger partial charge in [0.15, 0.2) is 0 Å². The van der Waals surface area contributed by atoms with Gasteiger partial charge in [-0.3, -0.25) is 9.80 Å². The fourth-order valence-electron chi connectivity index (χ4n) is 3.16. The van der Waals surface area contributed by atoms with E-state index in [1.54, 1.807) is 6.07 Å². The molecule has 1 aliphatic heterocycles. The van der Waals surface area contributed by atoms with E-state index in [1.807, 2.05) is 18.2 Å². The molecule has 0 radical (unpaired) electrons. The summed E-state index contributed by atoms with van der Waals surface area (Å²) in [5.41, 5.74) is 7.89. The number of alkyl halides is 3. The van der Waals surface area contributed by atoms with Crippen LogP contribution < -0.4 is 5.73 Å². The van der Waals surface area contributed by atoms with E-state index in [1.165, 1.54) is 17.7 Å². The number of nitrogens with two attached hydrogens (primary N) is 1. The van der Waals surface area contributed by atoms with Crippen LogP contribution in [0.25, 0.3) is 0 Å². The third kappa shape index (κ3) is 4.96. The van der Waals surface area contributed by atoms with Crippen molar-refractivity contribution < 1.29 is 13.2 Å². The third-order valence-electron chi connectivity index (χ3n) is 4.48. The molecule has 0 aromatic heterocycles. The molecule has 0 amide bonds. The fourth-order valence-corrected chi connectivity index (χ4v) is 3.16. The van der Waals surface area contributed by atoms with Gasteiger partial charge in [0.1, 0.15) is 0 Å². The molecule has 3 rings (SSSR count). The maximum absolute atomic E-state index is 12.8. The molecule has 0 atom stereocenters. The lowest BCUT2D eigenvalue weighted by Gasteiger charge is -2.34. The molecule has 0 unspecified atom stereocenters. The van der Waals surface area contributed by atoms with E-state index in [0.717, 1.165) is 44.5 Å². The van der Waals surface area contributed by atoms with Gasteiger partial charge >= 0.3 is 6.18 Å². The summed E-state index contributed by atoms with van der Waals surface area (Å²) in [5, 5.41) is 0. The van der Waals surface area contributed by atoms with E-state index >= 15 is 0 Å². The maximum Gasteiger partial charge on any atom is 0.416 e. The number of piperazine rings is 1. The van der Waals surface area contributed by atoms with Crippen molar-refractivity contribution >= 4 is 5.69 Å². The largest absolute Gasteiger partial charge is 0.416 e. The number of hydrogen-bond donors (Lipinski definition) is 1. The van der Waals surface area contributed by atoms with Gasteiger partial charge in [0.2, 0.25) is 0 Å². The minimum absolute atomic E-state index is 0.552. The smallest absolute Gasteiger partial charge is 0.399 e. The van der Waals surface area contributed by atoms with Crippen LogP contribution in [-0.2, 0) is 19.3 Å². The zero-order chi connectivity index (χ0) is 17.9. The van der Waals surface area contributed by atoms with Gasteiger partial charge in [0.25, 0.3) is 0 Å². The van der Waals surface area contributed by atoms with Crippen LogP contribution >= 0.6 is 0 Å². The summed E-state index contributed by atoms with van der Waals surface area (Å²) >= 11 is 0. The van der Waals surface area contributed by atoms with Gasteiger partial charge in [-0.2, -0.15) is 13.2 Å². The first kappa shape index (κ1) is 17.8. The van der Waals surface area contributed by atoms with Crippen LogP contribution in [0.15, 0.2) is 48.5 Å². The maximum atomic E-state index is 12.8. The molecule has 3 nitrogen and oxygen atoms in total. The molecule has 0 aliphatic carbocycles. The number of hydrogen-bond acceptors (Lipinski definition) is 3. The number of nitrogen functional groups attached to an aromatic ring is 1. The highest BCUT2D eigenvalue weighted by Gasteiger charge is 2.30. The zero-order valence-corrected chi connectivity index (χ0v) is 14.0. The SMILES string of the molecule is Nc1cccc(CN2CCN(Cc3cccc(C(F)(F)F)c3)CC2)c1. The standard InChI is InChI=1S/C19H22F3N3/c20-19(21,22)17-5-1-3-15(11-17)13-24-7-9-25(10-8-24)14-16-4-2-6-18(23)12-16/h1-6,11-12H,7-10,13-14,23H2. The Labute approximate surface area is 145 Å². The predicted molar refractivity (Wildman–Crippen MR) is 92.9 cm³/mol. The van der Waals surface area contributed by atoms with Gasteiger partial charge in [0, 0.05) is 45.0 Å². The fraction of sp³-hybridized carbons (Fsp3) is 0.368. The third-order valence-corrected chi connectivity index (χ3v) is 4.48. The second-order valence-electron chi connectivity index (χ2n) is 6.50. The lowest BCUT2D eigenvalue weighted by Crippen LogP contribution is -2.45. The number of nitrogens with zero attached hydrogens (tertiary/aromatic N) is 2. The molecule has 0 spiro atoms. The lowest BCUT2D eigenvalue weighted by molar-refractivity contribution is -0.137. The Balaban J connectivity index is 1.53. The summed E-state index contributed by atoms with van der Waals surface area (Å²) in [5.74, 6) is 0. The topological polar surface area (TPSA) is 32.5 Å². The Kier molecular flexibility index (Phi) is 5.30. The van der Waals surface area contributed by atoms with Crippen molar-refractivity contribution in [2.45, 2.75) is 19.3 Å². The van der Waals surface area contributed by atoms with Gasteiger partial charge in [0.05, 0.1) is 5.56 Å². The molecule has 1 saturated heterocycles. The molecule has 0 saturated carbocycles. The van der Waals surface area contributed by atoms with Gasteiger partial charge in [-0.15, -0.1) is 0 Å². The summed E-state index contributed by atoms with van der Waals surface area (Å²) in [6.07, 6.45) is -4.29. The number of anilines is 1. The van der Waals surface area contributed by atoms with Gasteiger partial charge < -0.3 is 5.73 Å². The lowest BCUT2D eigenvalue weighted by atomic mass is 10.1. The quantitative estimate of drug-likeness (QED) is 0.856. The van der Waals surface area contributed by atoms with Gasteiger partial charge in [-0.25, -0.2) is 0 Å². The predicted octanol–water partition coefficient (Wildman–Crippen LogP) is 3.61. The van der Waals surface area contributed by atoms with Gasteiger partial charge in [-0.05, 0) is 29.3 Å². The average Bonchev–Trinajstić information content (AvgIpc) is 2.56. The van der Waals surface area contributed by atoms with E-state index in [9.17, 15) is 13.2 Å². The zero-order valence-electron chi connectivity index (χ0n) is 14.0. The van der Waals surface area contributed by atoms with Crippen LogP contribution in [0.1, 0.15) is 16.7 Å². The van der Waals surface area contributed by atoms with E-state index in [4.69, 9.17) is 5.73 Å². The van der Waals surface area contributed by atoms with E-state index < -0.39 is 11.7 Å². The highest BCUT2D eigenvalue weighted by Crippen LogP contribution is 2.29. The van der Waals surface area contributed by atoms with Crippen molar-refractivity contribution in [2.75, 3.05) is 31.9 Å². The Morgan fingerprint density at radius 3 is 1.84 bits per heavy atom. The first-order valence-electron chi connectivity index (χ1n) is 8.35. The molecule has 1 heterocycles. The van der Waals surface area contributed by atoms with Crippen molar-refractivity contribution in [1.29, 1.82) is 0 Å². The molecular formula is C19H22F3N3. The number of halogens is 3. The minimum atomic E-state index is -4.29. The van der Waals surface area contributed by atoms with Crippen molar-refractivity contribution in [3.63, 3.8) is 0 Å². The highest BCUT2D eigenvalue weighted by molar-refractivity contribution is 5.40. The molecule has 2 aromatic rings. The molecule has 25 heavy (non-hydrogen) atoms. The Morgan fingerprint density at radius 1 is 0.800 bits per heavy atom. The highest BCUT2D eigenvalue weighted by atomic mass is 19.4. The van der Waals surface area contributed by atoms with Gasteiger partial charge in [-0.1, -0.05) is 30.3 Å². The van der Waals surface area contributed by atoms with Crippen molar-refractivity contribution in [3.05, 3.63) is 65.2 Å². The Morgan fingerprint density at radius 2 is 1.32 bits per heavy atom. The van der Waals surface area contributed by atoms with E-state index in [0.29, 0.717) is 12.1 Å². The molecule has 2 N–H and O–H groups in total. The van der Waals surface area contributed by atoms with Crippen LogP contribution in [0.3, 0.4) is 0 Å². The van der Waals surface area contributed by atoms with Crippen LogP contribution in [0.5, 0.6) is 0 Å². The average molecular weight is 349 g/mol. The van der Waals surface area contributed by atoms with Crippen molar-refractivity contribution in [3.8, 4) is 0 Å². The van der Waals surface area contributed by atoms with Crippen LogP contribution in [0.2, 0.25) is 0 Å². The van der Waals surface area contributed by atoms with Crippen LogP contribution in [-0.4, -0.2) is 36.0 Å². The summed E-state index contributed by atoms with van der Waals surface area (Å²) in [4.78, 5) is 4.54. The first-order valence-corrected chi connectivity index (χ1v) is 8.35. The first-order chi connectivity index (χ1) is 11.9. The molecule has 2 aromatic carbocycles. The van der Waals surface area contributed by atoms with Crippen molar-refractivity contribution in [2.24, 2.45) is 0 Å². The number of benzene rings is 2. The second-order valence-corrected chi connectivity index (χ2v) is 6.50. The molecule has 1 aliphatic rings. The molecule has 1 fully saturated rings. The monoisotopic (exact) mass is 349 g/mol. The second kappa shape index (κ2) is 7.45. The minimum Gasteiger partial charge on any atom is -0.399 e. The summed E-state index contributed by atoms with van der Waals surface area (Å²) < 4.78 is 38.4. The van der Waals surface area contributed by atoms with Crippen molar-refractivity contribution in [1.82, 2.24) is 9.80 Å². The molecular weight excluding hydrogens is 327 g/mol. The molecule has 134 valence electrons.